The van der Waals surface area contributed by atoms with Crippen molar-refractivity contribution in [1.29, 1.82) is 0 Å². The average molecular weight is 672 g/mol. The van der Waals surface area contributed by atoms with Crippen molar-refractivity contribution < 1.29 is 205 Å². The summed E-state index contributed by atoms with van der Waals surface area (Å²) >= 11 is 0. The predicted octanol–water partition coefficient (Wildman–Crippen LogP) is -0.832. The molecule has 0 aliphatic rings. The maximum atomic E-state index is 0. The molecular weight excluding hydrogens is 672 g/mol. The summed E-state index contributed by atoms with van der Waals surface area (Å²) in [6.07, 6.45) is 0. The van der Waals surface area contributed by atoms with Gasteiger partial charge in [-0.2, -0.15) is 0 Å². The van der Waals surface area contributed by atoms with E-state index in [0.717, 1.165) is 0 Å². The van der Waals surface area contributed by atoms with Crippen LogP contribution in [0, 0.1) is 167 Å². The molecule has 0 saturated heterocycles. The Morgan fingerprint density at radius 1 is 0.273 bits per heavy atom. The molecule has 0 amide bonds. The summed E-state index contributed by atoms with van der Waals surface area (Å²) in [4.78, 5) is 0. The van der Waals surface area contributed by atoms with Gasteiger partial charge in [0.1, 0.15) is 0 Å². The van der Waals surface area contributed by atoms with Gasteiger partial charge in [-0.1, -0.05) is 0 Å². The summed E-state index contributed by atoms with van der Waals surface area (Å²) in [7, 11) is 0. The Kier molecular flexibility index (Phi) is 1410. The molecule has 0 aliphatic heterocycles. The first-order chi connectivity index (χ1) is 0. The van der Waals surface area contributed by atoms with E-state index in [1.165, 1.54) is 0 Å². The van der Waals surface area contributed by atoms with Crippen LogP contribution >= 0.6 is 0 Å². The molecular formula is Ce4O7. The third kappa shape index (κ3) is 97.5. The molecule has 58 valence electrons. The summed E-state index contributed by atoms with van der Waals surface area (Å²) in [6, 6.07) is 0. The first kappa shape index (κ1) is 138. The minimum absolute atomic E-state index is 0. The van der Waals surface area contributed by atoms with Crippen LogP contribution in [0.5, 0.6) is 0 Å². The summed E-state index contributed by atoms with van der Waals surface area (Å²) in [5.41, 5.74) is 0. The average Bonchev–Trinajstić information content (AvgIpc) is 0. The Morgan fingerprint density at radius 3 is 0.273 bits per heavy atom. The summed E-state index contributed by atoms with van der Waals surface area (Å²) in [5.74, 6) is 0. The van der Waals surface area contributed by atoms with Crippen molar-refractivity contribution in [1.82, 2.24) is 0 Å². The molecule has 0 aromatic carbocycles. The van der Waals surface area contributed by atoms with Crippen LogP contribution in [0.15, 0.2) is 0 Å². The fourth-order valence-corrected chi connectivity index (χ4v) is 0. The van der Waals surface area contributed by atoms with Crippen LogP contribution in [0.25, 0.3) is 0 Å². The van der Waals surface area contributed by atoms with Crippen molar-refractivity contribution in [3.05, 3.63) is 0 Å². The zero-order valence-electron chi connectivity index (χ0n) is 4.86. The van der Waals surface area contributed by atoms with Gasteiger partial charge in [0, 0.05) is 0 Å². The van der Waals surface area contributed by atoms with Gasteiger partial charge in [0.25, 0.3) is 0 Å². The molecule has 7 nitrogen and oxygen atoms in total. The maximum Gasteiger partial charge on any atom is 4.00 e. The molecule has 0 unspecified atom stereocenters. The molecule has 11 heteroatoms. The van der Waals surface area contributed by atoms with Crippen LogP contribution in [0.2, 0.25) is 0 Å². The first-order valence-corrected chi connectivity index (χ1v) is 0. The molecule has 0 bridgehead atoms. The Balaban J connectivity index is 0. The Labute approximate surface area is 199 Å². The number of hydrogen-bond acceptors (Lipinski definition) is 0. The van der Waals surface area contributed by atoms with Gasteiger partial charge in [-0.05, 0) is 0 Å². The smallest absolute Gasteiger partial charge is 2.00 e. The molecule has 0 aliphatic carbocycles. The van der Waals surface area contributed by atoms with Crippen molar-refractivity contribution >= 4 is 0 Å². The Hall–Kier alpha value is 5.23. The standard InChI is InChI=1S/4Ce.7O/q2*+3;2*+4;7*-2. The second-order valence-electron chi connectivity index (χ2n) is 0. The van der Waals surface area contributed by atoms with E-state index in [4.69, 9.17) is 0 Å². The summed E-state index contributed by atoms with van der Waals surface area (Å²) < 4.78 is 0. The van der Waals surface area contributed by atoms with E-state index in [0.29, 0.717) is 0 Å². The van der Waals surface area contributed by atoms with Crippen molar-refractivity contribution in [2.45, 2.75) is 0 Å². The van der Waals surface area contributed by atoms with Gasteiger partial charge in [0.05, 0.1) is 0 Å². The van der Waals surface area contributed by atoms with Crippen LogP contribution < -0.4 is 0 Å². The monoisotopic (exact) mass is 672 g/mol. The third-order valence-electron chi connectivity index (χ3n) is 0. The molecule has 0 spiro atoms. The number of rotatable bonds is 0. The molecule has 2 radical (unpaired) electrons. The zero-order valence-corrected chi connectivity index (χ0v) is 17.4. The van der Waals surface area contributed by atoms with E-state index in [1.54, 1.807) is 0 Å². The predicted molar refractivity (Wildman–Crippen MR) is 4.81 cm³/mol. The van der Waals surface area contributed by atoms with E-state index in [1.807, 2.05) is 0 Å². The van der Waals surface area contributed by atoms with Gasteiger partial charge < -0.3 is 38.3 Å². The van der Waals surface area contributed by atoms with Gasteiger partial charge in [-0.15, -0.1) is 0 Å². The van der Waals surface area contributed by atoms with Crippen molar-refractivity contribution in [3.63, 3.8) is 0 Å². The second-order valence-corrected chi connectivity index (χ2v) is 0. The molecule has 0 fully saturated rings. The van der Waals surface area contributed by atoms with E-state index in [9.17, 15) is 0 Å². The van der Waals surface area contributed by atoms with E-state index >= 15 is 0 Å². The van der Waals surface area contributed by atoms with Crippen LogP contribution in [-0.4, -0.2) is 0 Å². The topological polar surface area (TPSA) is 200 Å². The number of hydrogen-bond donors (Lipinski definition) is 0. The fraction of sp³-hybridized carbons (Fsp3) is 0. The van der Waals surface area contributed by atoms with Crippen LogP contribution in [0.4, 0.5) is 0 Å². The maximum absolute atomic E-state index is 0. The van der Waals surface area contributed by atoms with Crippen LogP contribution in [0.3, 0.4) is 0 Å². The molecule has 0 atom stereocenters. The van der Waals surface area contributed by atoms with Gasteiger partial charge >= 0.3 is 167 Å². The molecule has 0 aromatic heterocycles. The normalized spacial score (nSPS) is 0. The molecule has 0 heterocycles. The minimum atomic E-state index is 0. The molecule has 0 N–H and O–H groups in total. The summed E-state index contributed by atoms with van der Waals surface area (Å²) in [6.45, 7) is 0. The van der Waals surface area contributed by atoms with Crippen molar-refractivity contribution in [2.75, 3.05) is 0 Å². The first-order valence-electron chi connectivity index (χ1n) is 0. The quantitative estimate of drug-likeness (QED) is 0.310. The molecule has 11 heavy (non-hydrogen) atoms. The molecule has 0 saturated carbocycles. The fourth-order valence-electron chi connectivity index (χ4n) is 0. The Morgan fingerprint density at radius 2 is 0.273 bits per heavy atom. The van der Waals surface area contributed by atoms with Crippen molar-refractivity contribution in [3.8, 4) is 0 Å². The van der Waals surface area contributed by atoms with Crippen LogP contribution in [0.1, 0.15) is 0 Å². The third-order valence-corrected chi connectivity index (χ3v) is 0. The zero-order chi connectivity index (χ0) is 0. The second kappa shape index (κ2) is 113. The minimum Gasteiger partial charge on any atom is -2.00 e. The van der Waals surface area contributed by atoms with Gasteiger partial charge in [-0.25, -0.2) is 0 Å². The SMILES string of the molecule is [Ce+3].[Ce+3].[Ce+4].[Ce+4].[O-2].[O-2].[O-2].[O-2].[O-2].[O-2].[O-2]. The van der Waals surface area contributed by atoms with Gasteiger partial charge in [0.2, 0.25) is 0 Å². The van der Waals surface area contributed by atoms with Gasteiger partial charge in [-0.3, -0.25) is 0 Å². The Bertz CT molecular complexity index is 10.4. The van der Waals surface area contributed by atoms with E-state index in [2.05, 4.69) is 0 Å². The largest absolute Gasteiger partial charge is 4.00 e. The van der Waals surface area contributed by atoms with E-state index < -0.39 is 0 Å². The van der Waals surface area contributed by atoms with Crippen molar-refractivity contribution in [2.24, 2.45) is 0 Å². The summed E-state index contributed by atoms with van der Waals surface area (Å²) in [5, 5.41) is 0. The molecule has 0 rings (SSSR count). The molecule has 0 aromatic rings. The van der Waals surface area contributed by atoms with Crippen LogP contribution in [-0.2, 0) is 38.3 Å². The van der Waals surface area contributed by atoms with E-state index in [-0.39, 0.29) is 205 Å². The van der Waals surface area contributed by atoms with Gasteiger partial charge in [0.15, 0.2) is 0 Å².